The van der Waals surface area contributed by atoms with Gasteiger partial charge in [-0.05, 0) is 87.4 Å². The number of carbonyl (C=O) groups is 4. The molecule has 40 heavy (non-hydrogen) atoms. The number of rotatable bonds is 8. The average Bonchev–Trinajstić information content (AvgIpc) is 3.36. The number of carbonyl (C=O) groups excluding carboxylic acids is 4. The van der Waals surface area contributed by atoms with Gasteiger partial charge in [-0.25, -0.2) is 9.82 Å². The maximum Gasteiger partial charge on any atom is 0.251 e. The minimum atomic E-state index is -0.794. The molecule has 3 amide bonds. The van der Waals surface area contributed by atoms with Crippen LogP contribution in [0.1, 0.15) is 80.0 Å². The van der Waals surface area contributed by atoms with Crippen molar-refractivity contribution in [1.29, 1.82) is 0 Å². The molecule has 2 aliphatic rings. The van der Waals surface area contributed by atoms with Crippen molar-refractivity contribution in [3.63, 3.8) is 0 Å². The van der Waals surface area contributed by atoms with E-state index in [2.05, 4.69) is 16.2 Å². The van der Waals surface area contributed by atoms with Crippen LogP contribution in [0.5, 0.6) is 0 Å². The monoisotopic (exact) mass is 550 g/mol. The van der Waals surface area contributed by atoms with Crippen LogP contribution in [0.2, 0.25) is 0 Å². The second-order valence-electron chi connectivity index (χ2n) is 11.7. The van der Waals surface area contributed by atoms with Crippen LogP contribution in [0.15, 0.2) is 42.5 Å². The third-order valence-corrected chi connectivity index (χ3v) is 8.57. The Morgan fingerprint density at radius 2 is 1.88 bits per heavy atom. The first-order valence-electron chi connectivity index (χ1n) is 13.9. The van der Waals surface area contributed by atoms with Gasteiger partial charge in [-0.3, -0.25) is 24.6 Å². The number of ketones is 1. The fraction of sp³-hybridized carbons (Fsp3) is 0.484. The van der Waals surface area contributed by atoms with Gasteiger partial charge in [0.1, 0.15) is 11.6 Å². The van der Waals surface area contributed by atoms with Gasteiger partial charge in [-0.2, -0.15) is 0 Å². The molecule has 2 fully saturated rings. The van der Waals surface area contributed by atoms with E-state index in [1.54, 1.807) is 29.2 Å². The number of aryl methyl sites for hydroxylation is 1. The Labute approximate surface area is 235 Å². The maximum absolute atomic E-state index is 14.0. The molecule has 214 valence electrons. The Balaban J connectivity index is 1.47. The SMILES string of the molecule is CC(=O)C(C)(C)[C@H]1CC[C@@H](c2cccc(F)c2)N1C(=O)CNC(=O)c1ccc(CC2CC(C)NNC2=O)c(C)c1. The highest BCUT2D eigenvalue weighted by molar-refractivity contribution is 5.97. The van der Waals surface area contributed by atoms with Crippen LogP contribution >= 0.6 is 0 Å². The van der Waals surface area contributed by atoms with Gasteiger partial charge in [0.25, 0.3) is 5.91 Å². The molecule has 0 saturated carbocycles. The van der Waals surface area contributed by atoms with Gasteiger partial charge in [0.2, 0.25) is 11.8 Å². The molecule has 0 bridgehead atoms. The molecule has 0 aromatic heterocycles. The highest BCUT2D eigenvalue weighted by Gasteiger charge is 2.47. The number of nitrogens with one attached hydrogen (secondary N) is 3. The first kappa shape index (κ1) is 29.4. The van der Waals surface area contributed by atoms with E-state index in [4.69, 9.17) is 0 Å². The van der Waals surface area contributed by atoms with E-state index in [1.807, 2.05) is 33.8 Å². The summed E-state index contributed by atoms with van der Waals surface area (Å²) >= 11 is 0. The fourth-order valence-corrected chi connectivity index (χ4v) is 5.89. The second kappa shape index (κ2) is 11.9. The van der Waals surface area contributed by atoms with Crippen molar-refractivity contribution >= 4 is 23.5 Å². The number of Topliss-reactive ketones (excluding diaryl/α,β-unsaturated/α-hetero) is 1. The summed E-state index contributed by atoms with van der Waals surface area (Å²) < 4.78 is 14.0. The summed E-state index contributed by atoms with van der Waals surface area (Å²) in [4.78, 5) is 53.0. The molecule has 2 saturated heterocycles. The van der Waals surface area contributed by atoms with Crippen molar-refractivity contribution in [3.05, 3.63) is 70.5 Å². The first-order valence-corrected chi connectivity index (χ1v) is 13.9. The zero-order valence-electron chi connectivity index (χ0n) is 23.8. The highest BCUT2D eigenvalue weighted by Crippen LogP contribution is 2.43. The van der Waals surface area contributed by atoms with Crippen LogP contribution in [0.3, 0.4) is 0 Å². The van der Waals surface area contributed by atoms with Crippen molar-refractivity contribution in [2.75, 3.05) is 6.54 Å². The van der Waals surface area contributed by atoms with Crippen LogP contribution in [0.25, 0.3) is 0 Å². The molecule has 0 aliphatic carbocycles. The van der Waals surface area contributed by atoms with Crippen molar-refractivity contribution < 1.29 is 23.6 Å². The number of halogens is 1. The van der Waals surface area contributed by atoms with Gasteiger partial charge < -0.3 is 10.2 Å². The van der Waals surface area contributed by atoms with Crippen LogP contribution in [-0.4, -0.2) is 47.0 Å². The van der Waals surface area contributed by atoms with Gasteiger partial charge in [-0.15, -0.1) is 0 Å². The molecule has 0 radical (unpaired) electrons. The Morgan fingerprint density at radius 3 is 2.55 bits per heavy atom. The lowest BCUT2D eigenvalue weighted by Gasteiger charge is -2.39. The van der Waals surface area contributed by atoms with Crippen molar-refractivity contribution in [1.82, 2.24) is 21.1 Å². The average molecular weight is 551 g/mol. The number of hydrogen-bond acceptors (Lipinski definition) is 5. The highest BCUT2D eigenvalue weighted by atomic mass is 19.1. The Hall–Kier alpha value is -3.59. The van der Waals surface area contributed by atoms with E-state index >= 15 is 0 Å². The second-order valence-corrected chi connectivity index (χ2v) is 11.7. The summed E-state index contributed by atoms with van der Waals surface area (Å²) in [7, 11) is 0. The quantitative estimate of drug-likeness (QED) is 0.464. The Kier molecular flexibility index (Phi) is 8.73. The number of benzene rings is 2. The predicted octanol–water partition coefficient (Wildman–Crippen LogP) is 3.78. The predicted molar refractivity (Wildman–Crippen MR) is 150 cm³/mol. The first-order chi connectivity index (χ1) is 18.9. The van der Waals surface area contributed by atoms with Gasteiger partial charge in [0.15, 0.2) is 0 Å². The van der Waals surface area contributed by atoms with Crippen LogP contribution < -0.4 is 16.2 Å². The molecule has 2 aliphatic heterocycles. The Morgan fingerprint density at radius 1 is 1.12 bits per heavy atom. The van der Waals surface area contributed by atoms with Crippen LogP contribution in [-0.2, 0) is 20.8 Å². The lowest BCUT2D eigenvalue weighted by Crippen LogP contribution is -2.52. The maximum atomic E-state index is 14.0. The van der Waals surface area contributed by atoms with Crippen LogP contribution in [0, 0.1) is 24.1 Å². The molecule has 4 rings (SSSR count). The molecule has 4 atom stereocenters. The summed E-state index contributed by atoms with van der Waals surface area (Å²) in [5.74, 6) is -1.32. The topological polar surface area (TPSA) is 108 Å². The Bertz CT molecular complexity index is 1310. The van der Waals surface area contributed by atoms with Crippen molar-refractivity contribution in [2.45, 2.75) is 78.4 Å². The molecule has 2 aromatic carbocycles. The third kappa shape index (κ3) is 6.25. The number of nitrogens with zero attached hydrogens (tertiary/aromatic N) is 1. The van der Waals surface area contributed by atoms with E-state index < -0.39 is 5.41 Å². The molecule has 3 N–H and O–H groups in total. The largest absolute Gasteiger partial charge is 0.343 e. The van der Waals surface area contributed by atoms with E-state index in [0.29, 0.717) is 30.4 Å². The molecule has 2 aromatic rings. The standard InChI is InChI=1S/C31H39FN4O4/c1-18-13-23(10-9-21(18)15-24-14-19(2)34-35-30(24)40)29(39)33-17-28(38)36-26(22-7-6-8-25(32)16-22)11-12-27(36)31(4,5)20(3)37/h6-10,13,16,19,24,26-27,34H,11-12,14-15,17H2,1-5H3,(H,33,39)(H,35,40)/t19?,24?,26-,27+/m0/s1. The van der Waals surface area contributed by atoms with E-state index in [0.717, 1.165) is 17.5 Å². The lowest BCUT2D eigenvalue weighted by atomic mass is 9.79. The smallest absolute Gasteiger partial charge is 0.251 e. The molecule has 9 heteroatoms. The van der Waals surface area contributed by atoms with Gasteiger partial charge >= 0.3 is 0 Å². The lowest BCUT2D eigenvalue weighted by molar-refractivity contribution is -0.139. The number of amides is 3. The molecule has 0 spiro atoms. The number of hydrogen-bond donors (Lipinski definition) is 3. The van der Waals surface area contributed by atoms with E-state index in [1.165, 1.54) is 19.1 Å². The van der Waals surface area contributed by atoms with Gasteiger partial charge in [0.05, 0.1) is 12.6 Å². The molecule has 2 heterocycles. The van der Waals surface area contributed by atoms with Gasteiger partial charge in [-0.1, -0.05) is 32.0 Å². The minimum Gasteiger partial charge on any atom is -0.343 e. The van der Waals surface area contributed by atoms with Crippen molar-refractivity contribution in [2.24, 2.45) is 11.3 Å². The molecule has 8 nitrogen and oxygen atoms in total. The summed E-state index contributed by atoms with van der Waals surface area (Å²) in [6.07, 6.45) is 2.50. The van der Waals surface area contributed by atoms with Gasteiger partial charge in [0, 0.05) is 29.0 Å². The minimum absolute atomic E-state index is 0.0359. The summed E-state index contributed by atoms with van der Waals surface area (Å²) in [5.41, 5.74) is 7.83. The molecule has 2 unspecified atom stereocenters. The van der Waals surface area contributed by atoms with E-state index in [-0.39, 0.29) is 59.9 Å². The number of hydrazine groups is 1. The molecular weight excluding hydrogens is 511 g/mol. The third-order valence-electron chi connectivity index (χ3n) is 8.57. The zero-order valence-corrected chi connectivity index (χ0v) is 23.8. The van der Waals surface area contributed by atoms with Crippen molar-refractivity contribution in [3.8, 4) is 0 Å². The number of likely N-dealkylation sites (tertiary alicyclic amines) is 1. The fourth-order valence-electron chi connectivity index (χ4n) is 5.89. The zero-order chi connectivity index (χ0) is 29.2. The van der Waals surface area contributed by atoms with E-state index in [9.17, 15) is 23.6 Å². The normalized spacial score (nSPS) is 23.1. The summed E-state index contributed by atoms with van der Waals surface area (Å²) in [6, 6.07) is 10.9. The molecular formula is C31H39FN4O4. The van der Waals surface area contributed by atoms with Crippen LogP contribution in [0.4, 0.5) is 4.39 Å². The summed E-state index contributed by atoms with van der Waals surface area (Å²) in [5, 5.41) is 2.74. The summed E-state index contributed by atoms with van der Waals surface area (Å²) in [6.45, 7) is 8.84.